The number of anilines is 2. The van der Waals surface area contributed by atoms with Gasteiger partial charge in [-0.3, -0.25) is 0 Å². The van der Waals surface area contributed by atoms with Crippen LogP contribution >= 0.6 is 12.6 Å². The Labute approximate surface area is 203 Å². The first-order chi connectivity index (χ1) is 16.3. The van der Waals surface area contributed by atoms with Gasteiger partial charge in [0.15, 0.2) is 0 Å². The molecule has 0 bridgehead atoms. The lowest BCUT2D eigenvalue weighted by molar-refractivity contribution is -0.140. The van der Waals surface area contributed by atoms with E-state index in [1.165, 1.54) is 23.8 Å². The van der Waals surface area contributed by atoms with Crippen LogP contribution in [-0.4, -0.2) is 30.4 Å². The van der Waals surface area contributed by atoms with E-state index in [1.807, 2.05) is 18.2 Å². The average molecular weight is 488 g/mol. The van der Waals surface area contributed by atoms with Crippen molar-refractivity contribution in [1.82, 2.24) is 4.57 Å². The minimum Gasteiger partial charge on any atom is -0.495 e. The van der Waals surface area contributed by atoms with E-state index < -0.39 is 12.7 Å². The van der Waals surface area contributed by atoms with Gasteiger partial charge in [0.05, 0.1) is 30.6 Å². The molecule has 0 amide bonds. The van der Waals surface area contributed by atoms with E-state index in [0.29, 0.717) is 23.0 Å². The Morgan fingerprint density at radius 3 is 2.62 bits per heavy atom. The van der Waals surface area contributed by atoms with E-state index >= 15 is 0 Å². The van der Waals surface area contributed by atoms with Crippen molar-refractivity contribution >= 4 is 34.9 Å². The summed E-state index contributed by atoms with van der Waals surface area (Å²) >= 11 is 4.30. The molecule has 2 aromatic carbocycles. The molecule has 180 valence electrons. The number of fused-ring (bicyclic) bond motifs is 1. The van der Waals surface area contributed by atoms with Crippen molar-refractivity contribution in [2.75, 3.05) is 24.3 Å². The number of nitrogens with one attached hydrogen (secondary N) is 2. The molecular weight excluding hydrogens is 459 g/mol. The van der Waals surface area contributed by atoms with Crippen LogP contribution < -0.4 is 15.4 Å². The second-order valence-electron chi connectivity index (χ2n) is 8.49. The highest BCUT2D eigenvalue weighted by molar-refractivity contribution is 7.80. The first kappa shape index (κ1) is 24.2. The maximum absolute atomic E-state index is 13.4. The number of rotatable bonds is 6. The second-order valence-corrected chi connectivity index (χ2v) is 9.00. The molecular formula is C26H28F3N3OS. The molecule has 34 heavy (non-hydrogen) atoms. The zero-order valence-electron chi connectivity index (χ0n) is 19.0. The summed E-state index contributed by atoms with van der Waals surface area (Å²) in [6.07, 6.45) is 1.39. The summed E-state index contributed by atoms with van der Waals surface area (Å²) in [4.78, 5) is 0.766. The molecule has 2 N–H and O–H groups in total. The Morgan fingerprint density at radius 2 is 1.88 bits per heavy atom. The number of alkyl halides is 3. The molecule has 0 radical (unpaired) electrons. The molecule has 1 aliphatic rings. The Kier molecular flexibility index (Phi) is 7.52. The van der Waals surface area contributed by atoms with Crippen LogP contribution in [0.3, 0.4) is 0 Å². The third-order valence-corrected chi connectivity index (χ3v) is 6.29. The van der Waals surface area contributed by atoms with Crippen molar-refractivity contribution in [2.45, 2.75) is 55.8 Å². The van der Waals surface area contributed by atoms with Gasteiger partial charge in [-0.05, 0) is 55.2 Å². The molecule has 1 aliphatic carbocycles. The van der Waals surface area contributed by atoms with E-state index in [9.17, 15) is 13.2 Å². The number of benzene rings is 2. The lowest BCUT2D eigenvalue weighted by Crippen LogP contribution is -2.22. The third kappa shape index (κ3) is 5.95. The highest BCUT2D eigenvalue weighted by atomic mass is 32.1. The van der Waals surface area contributed by atoms with E-state index in [4.69, 9.17) is 4.74 Å². The lowest BCUT2D eigenvalue weighted by Gasteiger charge is -2.24. The van der Waals surface area contributed by atoms with Crippen LogP contribution in [0.25, 0.3) is 10.9 Å². The summed E-state index contributed by atoms with van der Waals surface area (Å²) in [5.41, 5.74) is 2.47. The largest absolute Gasteiger partial charge is 0.495 e. The molecule has 4 rings (SSSR count). The summed E-state index contributed by atoms with van der Waals surface area (Å²) in [5.74, 6) is 6.53. The van der Waals surface area contributed by atoms with Crippen LogP contribution in [0.5, 0.6) is 5.75 Å². The predicted molar refractivity (Wildman–Crippen MR) is 134 cm³/mol. The van der Waals surface area contributed by atoms with Crippen LogP contribution in [-0.2, 0) is 6.54 Å². The van der Waals surface area contributed by atoms with E-state index in [-0.39, 0.29) is 6.54 Å². The standard InChI is InChI=1S/C26H28F3N3OS/c1-33-25-16-20(34)12-13-23(25)30-14-6-9-19-15-21-22(31-18-7-3-2-4-8-18)10-5-11-24(21)32(19)17-26(27,28)29/h5,10-13,15-16,18,30-31,34H,2-4,7-8,14,17H2,1H3. The van der Waals surface area contributed by atoms with Gasteiger partial charge in [0.2, 0.25) is 0 Å². The van der Waals surface area contributed by atoms with Crippen molar-refractivity contribution in [1.29, 1.82) is 0 Å². The van der Waals surface area contributed by atoms with Gasteiger partial charge in [0.25, 0.3) is 0 Å². The summed E-state index contributed by atoms with van der Waals surface area (Å²) in [6.45, 7) is -0.832. The molecule has 1 heterocycles. The average Bonchev–Trinajstić information content (AvgIpc) is 3.15. The highest BCUT2D eigenvalue weighted by Crippen LogP contribution is 2.32. The highest BCUT2D eigenvalue weighted by Gasteiger charge is 2.30. The molecule has 0 unspecified atom stereocenters. The van der Waals surface area contributed by atoms with E-state index in [1.54, 1.807) is 31.4 Å². The second kappa shape index (κ2) is 10.6. The molecule has 4 nitrogen and oxygen atoms in total. The summed E-state index contributed by atoms with van der Waals surface area (Å²) in [7, 11) is 1.56. The Morgan fingerprint density at radius 1 is 1.09 bits per heavy atom. The summed E-state index contributed by atoms with van der Waals surface area (Å²) in [5, 5.41) is 7.47. The van der Waals surface area contributed by atoms with Crippen molar-refractivity contribution in [3.8, 4) is 17.6 Å². The quantitative estimate of drug-likeness (QED) is 0.267. The van der Waals surface area contributed by atoms with Crippen molar-refractivity contribution in [3.63, 3.8) is 0 Å². The number of halogens is 3. The maximum Gasteiger partial charge on any atom is 0.406 e. The third-order valence-electron chi connectivity index (χ3n) is 6.02. The Balaban J connectivity index is 1.61. The minimum absolute atomic E-state index is 0.253. The minimum atomic E-state index is -4.35. The number of nitrogens with zero attached hydrogens (tertiary/aromatic N) is 1. The number of ether oxygens (including phenoxy) is 1. The van der Waals surface area contributed by atoms with Gasteiger partial charge >= 0.3 is 6.18 Å². The van der Waals surface area contributed by atoms with Crippen molar-refractivity contribution in [3.05, 3.63) is 48.2 Å². The molecule has 0 aliphatic heterocycles. The zero-order chi connectivity index (χ0) is 24.1. The van der Waals surface area contributed by atoms with Crippen LogP contribution in [0.15, 0.2) is 47.4 Å². The van der Waals surface area contributed by atoms with Crippen LogP contribution in [0.1, 0.15) is 37.8 Å². The normalized spacial score (nSPS) is 14.5. The molecule has 0 saturated heterocycles. The predicted octanol–water partition coefficient (Wildman–Crippen LogP) is 6.71. The van der Waals surface area contributed by atoms with E-state index in [2.05, 4.69) is 35.1 Å². The number of thiol groups is 1. The van der Waals surface area contributed by atoms with Gasteiger partial charge in [0.1, 0.15) is 12.3 Å². The molecule has 1 fully saturated rings. The van der Waals surface area contributed by atoms with Crippen LogP contribution in [0.4, 0.5) is 24.5 Å². The summed E-state index contributed by atoms with van der Waals surface area (Å²) < 4.78 is 46.8. The molecule has 1 saturated carbocycles. The molecule has 3 aromatic rings. The van der Waals surface area contributed by atoms with Gasteiger partial charge in [-0.15, -0.1) is 12.6 Å². The molecule has 0 spiro atoms. The van der Waals surface area contributed by atoms with Crippen molar-refractivity contribution in [2.24, 2.45) is 0 Å². The Bertz CT molecular complexity index is 1200. The van der Waals surface area contributed by atoms with E-state index in [0.717, 1.165) is 34.5 Å². The maximum atomic E-state index is 13.4. The lowest BCUT2D eigenvalue weighted by atomic mass is 9.95. The fourth-order valence-corrected chi connectivity index (χ4v) is 4.62. The molecule has 8 heteroatoms. The first-order valence-electron chi connectivity index (χ1n) is 11.4. The van der Waals surface area contributed by atoms with Gasteiger partial charge < -0.3 is 19.9 Å². The van der Waals surface area contributed by atoms with Crippen molar-refractivity contribution < 1.29 is 17.9 Å². The Hall–Kier alpha value is -2.92. The van der Waals surface area contributed by atoms with Gasteiger partial charge in [-0.2, -0.15) is 13.2 Å². The fraction of sp³-hybridized carbons (Fsp3) is 0.385. The summed E-state index contributed by atoms with van der Waals surface area (Å²) in [6, 6.07) is 13.0. The van der Waals surface area contributed by atoms with Crippen LogP contribution in [0, 0.1) is 11.8 Å². The number of hydrogen-bond acceptors (Lipinski definition) is 4. The fourth-order valence-electron chi connectivity index (χ4n) is 4.43. The first-order valence-corrected chi connectivity index (χ1v) is 11.8. The van der Waals surface area contributed by atoms with Gasteiger partial charge in [-0.25, -0.2) is 0 Å². The SMILES string of the molecule is COc1cc(S)ccc1NCC#Cc1cc2c(NC3CCCCC3)cccc2n1CC(F)(F)F. The molecule has 0 atom stereocenters. The monoisotopic (exact) mass is 487 g/mol. The smallest absolute Gasteiger partial charge is 0.406 e. The number of hydrogen-bond donors (Lipinski definition) is 3. The number of aromatic nitrogens is 1. The molecule has 1 aromatic heterocycles. The van der Waals surface area contributed by atoms with Gasteiger partial charge in [-0.1, -0.05) is 31.2 Å². The number of methoxy groups -OCH3 is 1. The van der Waals surface area contributed by atoms with Gasteiger partial charge in [0, 0.05) is 22.0 Å². The zero-order valence-corrected chi connectivity index (χ0v) is 19.9. The van der Waals surface area contributed by atoms with Crippen LogP contribution in [0.2, 0.25) is 0 Å². The topological polar surface area (TPSA) is 38.2 Å².